The van der Waals surface area contributed by atoms with Gasteiger partial charge in [-0.1, -0.05) is 18.2 Å². The Morgan fingerprint density at radius 3 is 2.96 bits per heavy atom. The van der Waals surface area contributed by atoms with Crippen LogP contribution < -0.4 is 5.32 Å². The summed E-state index contributed by atoms with van der Waals surface area (Å²) in [6.07, 6.45) is 2.22. The number of urea groups is 1. The highest BCUT2D eigenvalue weighted by molar-refractivity contribution is 7.17. The molecule has 3 amide bonds. The molecule has 2 fully saturated rings. The molecule has 0 spiro atoms. The van der Waals surface area contributed by atoms with Crippen LogP contribution in [0.15, 0.2) is 29.6 Å². The Morgan fingerprint density at radius 1 is 1.26 bits per heavy atom. The fourth-order valence-corrected chi connectivity index (χ4v) is 4.00. The Balaban J connectivity index is 1.34. The lowest BCUT2D eigenvalue weighted by molar-refractivity contribution is -0.121. The summed E-state index contributed by atoms with van der Waals surface area (Å²) >= 11 is 1.69. The molecule has 2 heterocycles. The van der Waals surface area contributed by atoms with Crippen molar-refractivity contribution in [2.24, 2.45) is 0 Å². The summed E-state index contributed by atoms with van der Waals surface area (Å²) in [5.41, 5.74) is 1.12. The molecular formula is C17H19N3O2S. The molecule has 1 aliphatic heterocycles. The largest absolute Gasteiger partial charge is 0.350 e. The van der Waals surface area contributed by atoms with Gasteiger partial charge in [0.05, 0.1) is 0 Å². The highest BCUT2D eigenvalue weighted by atomic mass is 32.1. The second-order valence-electron chi connectivity index (χ2n) is 6.16. The SMILES string of the molecule is O=C(CN1CCN(C2CC2)C1=O)NCc1cccc2ccsc12. The van der Waals surface area contributed by atoms with Crippen molar-refractivity contribution in [3.8, 4) is 0 Å². The van der Waals surface area contributed by atoms with E-state index < -0.39 is 0 Å². The lowest BCUT2D eigenvalue weighted by Crippen LogP contribution is -2.40. The summed E-state index contributed by atoms with van der Waals surface area (Å²) in [6, 6.07) is 8.64. The third-order valence-electron chi connectivity index (χ3n) is 4.49. The molecule has 1 aliphatic carbocycles. The average Bonchev–Trinajstić information content (AvgIpc) is 3.16. The number of carbonyl (C=O) groups excluding carboxylic acids is 2. The van der Waals surface area contributed by atoms with Gasteiger partial charge in [-0.05, 0) is 35.2 Å². The predicted molar refractivity (Wildman–Crippen MR) is 90.4 cm³/mol. The first-order valence-corrected chi connectivity index (χ1v) is 8.88. The molecule has 120 valence electrons. The molecule has 0 atom stereocenters. The minimum Gasteiger partial charge on any atom is -0.350 e. The number of rotatable bonds is 5. The molecule has 1 aromatic carbocycles. The zero-order valence-corrected chi connectivity index (χ0v) is 13.6. The fourth-order valence-electron chi connectivity index (χ4n) is 3.09. The van der Waals surface area contributed by atoms with Gasteiger partial charge in [-0.25, -0.2) is 4.79 Å². The van der Waals surface area contributed by atoms with Crippen LogP contribution in [-0.4, -0.2) is 47.4 Å². The zero-order valence-electron chi connectivity index (χ0n) is 12.8. The summed E-state index contributed by atoms with van der Waals surface area (Å²) in [7, 11) is 0. The second kappa shape index (κ2) is 5.85. The van der Waals surface area contributed by atoms with E-state index in [9.17, 15) is 9.59 Å². The molecule has 0 bridgehead atoms. The minimum atomic E-state index is -0.0930. The molecule has 2 aromatic rings. The summed E-state index contributed by atoms with van der Waals surface area (Å²) in [6.45, 7) is 2.07. The van der Waals surface area contributed by atoms with Crippen molar-refractivity contribution in [3.63, 3.8) is 0 Å². The number of amides is 3. The average molecular weight is 329 g/mol. The lowest BCUT2D eigenvalue weighted by Gasteiger charge is -2.17. The van der Waals surface area contributed by atoms with Gasteiger partial charge in [0.2, 0.25) is 5.91 Å². The van der Waals surface area contributed by atoms with E-state index >= 15 is 0 Å². The molecule has 5 nitrogen and oxygen atoms in total. The van der Waals surface area contributed by atoms with E-state index in [-0.39, 0.29) is 18.5 Å². The van der Waals surface area contributed by atoms with Crippen LogP contribution in [0.2, 0.25) is 0 Å². The number of thiophene rings is 1. The van der Waals surface area contributed by atoms with Gasteiger partial charge in [0.15, 0.2) is 0 Å². The van der Waals surface area contributed by atoms with Crippen molar-refractivity contribution >= 4 is 33.4 Å². The number of carbonyl (C=O) groups is 2. The third kappa shape index (κ3) is 2.91. The number of benzene rings is 1. The molecule has 6 heteroatoms. The van der Waals surface area contributed by atoms with Gasteiger partial charge in [0, 0.05) is 30.4 Å². The maximum Gasteiger partial charge on any atom is 0.320 e. The van der Waals surface area contributed by atoms with E-state index in [0.29, 0.717) is 19.1 Å². The number of nitrogens with zero attached hydrogens (tertiary/aromatic N) is 2. The molecule has 0 radical (unpaired) electrons. The highest BCUT2D eigenvalue weighted by Gasteiger charge is 2.39. The standard InChI is InChI=1S/C17H19N3O2S/c21-15(11-19-7-8-20(17(19)22)14-4-5-14)18-10-13-3-1-2-12-6-9-23-16(12)13/h1-3,6,9,14H,4-5,7-8,10-11H2,(H,18,21). The Hall–Kier alpha value is -2.08. The van der Waals surface area contributed by atoms with E-state index in [0.717, 1.165) is 24.9 Å². The van der Waals surface area contributed by atoms with Crippen LogP contribution >= 0.6 is 11.3 Å². The van der Waals surface area contributed by atoms with Crippen LogP contribution in [0.4, 0.5) is 4.79 Å². The first kappa shape index (κ1) is 14.5. The molecule has 0 unspecified atom stereocenters. The van der Waals surface area contributed by atoms with Gasteiger partial charge >= 0.3 is 6.03 Å². The minimum absolute atomic E-state index is 0.0167. The van der Waals surface area contributed by atoms with E-state index in [4.69, 9.17) is 0 Å². The molecule has 1 aromatic heterocycles. The number of nitrogens with one attached hydrogen (secondary N) is 1. The molecule has 1 saturated carbocycles. The summed E-state index contributed by atoms with van der Waals surface area (Å²) < 4.78 is 1.21. The van der Waals surface area contributed by atoms with Crippen molar-refractivity contribution < 1.29 is 9.59 Å². The van der Waals surface area contributed by atoms with Crippen molar-refractivity contribution in [1.82, 2.24) is 15.1 Å². The predicted octanol–water partition coefficient (Wildman–Crippen LogP) is 2.42. The Bertz CT molecular complexity index is 753. The van der Waals surface area contributed by atoms with Crippen molar-refractivity contribution in [1.29, 1.82) is 0 Å². The number of hydrogen-bond donors (Lipinski definition) is 1. The summed E-state index contributed by atoms with van der Waals surface area (Å²) in [5, 5.41) is 6.21. The summed E-state index contributed by atoms with van der Waals surface area (Å²) in [5.74, 6) is -0.0930. The normalized spacial score (nSPS) is 18.0. The molecule has 23 heavy (non-hydrogen) atoms. The Labute approximate surface area is 138 Å². The third-order valence-corrected chi connectivity index (χ3v) is 5.49. The van der Waals surface area contributed by atoms with Crippen molar-refractivity contribution in [2.75, 3.05) is 19.6 Å². The Kier molecular flexibility index (Phi) is 3.69. The molecule has 1 saturated heterocycles. The maximum absolute atomic E-state index is 12.2. The van der Waals surface area contributed by atoms with Gasteiger partial charge in [-0.2, -0.15) is 0 Å². The first-order chi connectivity index (χ1) is 11.2. The Morgan fingerprint density at radius 2 is 2.13 bits per heavy atom. The van der Waals surface area contributed by atoms with Crippen LogP contribution in [0, 0.1) is 0 Å². The van der Waals surface area contributed by atoms with E-state index in [1.165, 1.54) is 10.1 Å². The van der Waals surface area contributed by atoms with Crippen LogP contribution in [0.25, 0.3) is 10.1 Å². The first-order valence-electron chi connectivity index (χ1n) is 8.00. The van der Waals surface area contributed by atoms with Gasteiger partial charge < -0.3 is 15.1 Å². The van der Waals surface area contributed by atoms with Crippen LogP contribution in [0.3, 0.4) is 0 Å². The van der Waals surface area contributed by atoms with Crippen molar-refractivity contribution in [2.45, 2.75) is 25.4 Å². The molecule has 4 rings (SSSR count). The van der Waals surface area contributed by atoms with E-state index in [1.807, 2.05) is 17.0 Å². The fraction of sp³-hybridized carbons (Fsp3) is 0.412. The van der Waals surface area contributed by atoms with Gasteiger partial charge in [-0.15, -0.1) is 11.3 Å². The molecule has 2 aliphatic rings. The van der Waals surface area contributed by atoms with Crippen LogP contribution in [0.1, 0.15) is 18.4 Å². The van der Waals surface area contributed by atoms with Crippen LogP contribution in [-0.2, 0) is 11.3 Å². The zero-order chi connectivity index (χ0) is 15.8. The summed E-state index contributed by atoms with van der Waals surface area (Å²) in [4.78, 5) is 27.9. The quantitative estimate of drug-likeness (QED) is 0.916. The van der Waals surface area contributed by atoms with Gasteiger partial charge in [0.1, 0.15) is 6.54 Å². The number of hydrogen-bond acceptors (Lipinski definition) is 3. The highest BCUT2D eigenvalue weighted by Crippen LogP contribution is 2.29. The second-order valence-corrected chi connectivity index (χ2v) is 7.08. The molecule has 1 N–H and O–H groups in total. The number of fused-ring (bicyclic) bond motifs is 1. The van der Waals surface area contributed by atoms with Gasteiger partial charge in [-0.3, -0.25) is 4.79 Å². The smallest absolute Gasteiger partial charge is 0.320 e. The van der Waals surface area contributed by atoms with Crippen molar-refractivity contribution in [3.05, 3.63) is 35.2 Å². The van der Waals surface area contributed by atoms with E-state index in [1.54, 1.807) is 16.2 Å². The van der Waals surface area contributed by atoms with E-state index in [2.05, 4.69) is 22.8 Å². The van der Waals surface area contributed by atoms with Crippen LogP contribution in [0.5, 0.6) is 0 Å². The topological polar surface area (TPSA) is 52.7 Å². The molecular weight excluding hydrogens is 310 g/mol. The maximum atomic E-state index is 12.2. The monoisotopic (exact) mass is 329 g/mol. The van der Waals surface area contributed by atoms with Gasteiger partial charge in [0.25, 0.3) is 0 Å². The lowest BCUT2D eigenvalue weighted by atomic mass is 10.1.